The number of benzene rings is 1. The third kappa shape index (κ3) is 4.65. The zero-order valence-corrected chi connectivity index (χ0v) is 20.5. The molecule has 0 amide bonds. The van der Waals surface area contributed by atoms with Gasteiger partial charge >= 0.3 is 11.9 Å². The largest absolute Gasteiger partial charge is 0.426 e. The topological polar surface area (TPSA) is 67.9 Å². The lowest BCUT2D eigenvalue weighted by Crippen LogP contribution is -2.48. The smallest absolute Gasteiger partial charge is 0.316 e. The van der Waals surface area contributed by atoms with Crippen molar-refractivity contribution < 1.29 is 19.1 Å². The lowest BCUT2D eigenvalue weighted by atomic mass is 9.87. The minimum absolute atomic E-state index is 0.0668. The van der Waals surface area contributed by atoms with Crippen LogP contribution in [-0.4, -0.2) is 46.0 Å². The lowest BCUT2D eigenvalue weighted by Gasteiger charge is -2.37. The lowest BCUT2D eigenvalue weighted by molar-refractivity contribution is -0.142. The van der Waals surface area contributed by atoms with Crippen LogP contribution in [0.4, 0.5) is 0 Å². The molecule has 1 N–H and O–H groups in total. The van der Waals surface area contributed by atoms with Crippen LogP contribution in [0, 0.1) is 11.8 Å². The molecule has 0 radical (unpaired) electrons. The molecule has 0 aromatic heterocycles. The van der Waals surface area contributed by atoms with Crippen molar-refractivity contribution in [2.75, 3.05) is 7.05 Å². The maximum atomic E-state index is 12.9. The van der Waals surface area contributed by atoms with Crippen molar-refractivity contribution >= 4 is 11.9 Å². The third-order valence-electron chi connectivity index (χ3n) is 7.40. The fourth-order valence-corrected chi connectivity index (χ4v) is 5.38. The van der Waals surface area contributed by atoms with E-state index in [-0.39, 0.29) is 45.9 Å². The van der Waals surface area contributed by atoms with Gasteiger partial charge in [0.25, 0.3) is 0 Å². The zero-order valence-electron chi connectivity index (χ0n) is 20.5. The normalized spacial score (nSPS) is 28.3. The van der Waals surface area contributed by atoms with E-state index in [2.05, 4.69) is 58.8 Å². The third-order valence-corrected chi connectivity index (χ3v) is 7.40. The quantitative estimate of drug-likeness (QED) is 0.571. The summed E-state index contributed by atoms with van der Waals surface area (Å²) in [6, 6.07) is 6.71. The van der Waals surface area contributed by atoms with E-state index >= 15 is 0 Å². The number of esters is 2. The molecule has 1 aromatic carbocycles. The highest BCUT2D eigenvalue weighted by molar-refractivity contribution is 5.78. The summed E-state index contributed by atoms with van der Waals surface area (Å²) in [5.74, 6) is -0.0151. The highest BCUT2D eigenvalue weighted by Crippen LogP contribution is 2.44. The van der Waals surface area contributed by atoms with Crippen molar-refractivity contribution in [3.05, 3.63) is 24.3 Å². The second-order valence-corrected chi connectivity index (χ2v) is 11.6. The summed E-state index contributed by atoms with van der Waals surface area (Å²) in [7, 11) is 2.05. The van der Waals surface area contributed by atoms with Gasteiger partial charge in [0, 0.05) is 22.2 Å². The maximum Gasteiger partial charge on any atom is 0.316 e. The average Bonchev–Trinajstić information content (AvgIpc) is 2.96. The first-order chi connectivity index (χ1) is 14.1. The van der Waals surface area contributed by atoms with E-state index in [1.807, 2.05) is 13.8 Å². The number of carbonyl (C=O) groups excluding carboxylic acids is 2. The molecule has 2 heterocycles. The summed E-state index contributed by atoms with van der Waals surface area (Å²) in [5.41, 5.74) is -0.790. The van der Waals surface area contributed by atoms with E-state index < -0.39 is 0 Å². The Bertz CT molecular complexity index is 855. The van der Waals surface area contributed by atoms with E-state index in [1.165, 1.54) is 0 Å². The first-order valence-electron chi connectivity index (χ1n) is 11.1. The van der Waals surface area contributed by atoms with Crippen LogP contribution in [0.2, 0.25) is 0 Å². The highest BCUT2D eigenvalue weighted by Gasteiger charge is 2.53. The van der Waals surface area contributed by atoms with E-state index in [9.17, 15) is 9.59 Å². The molecule has 2 aliphatic rings. The van der Waals surface area contributed by atoms with Gasteiger partial charge in [-0.25, -0.2) is 0 Å². The molecule has 0 aliphatic carbocycles. The van der Waals surface area contributed by atoms with Crippen LogP contribution >= 0.6 is 0 Å². The molecule has 2 aliphatic heterocycles. The van der Waals surface area contributed by atoms with Gasteiger partial charge in [-0.1, -0.05) is 0 Å². The molecule has 6 nitrogen and oxygen atoms in total. The summed E-state index contributed by atoms with van der Waals surface area (Å²) in [4.78, 5) is 27.9. The Morgan fingerprint density at radius 3 is 1.65 bits per heavy atom. The number of nitrogens with one attached hydrogen (secondary N) is 1. The average molecular weight is 431 g/mol. The van der Waals surface area contributed by atoms with Gasteiger partial charge in [0.1, 0.15) is 11.5 Å². The van der Waals surface area contributed by atoms with Gasteiger partial charge in [0.2, 0.25) is 0 Å². The SMILES string of the molecule is CN1C(C)(C)CC(C(=O)Oc2ccc(OC(=O)C3CC(C)(C)NC3(C)C)cc2)C1(C)C. The van der Waals surface area contributed by atoms with Crippen molar-refractivity contribution in [3.63, 3.8) is 0 Å². The molecule has 2 saturated heterocycles. The molecular weight excluding hydrogens is 392 g/mol. The van der Waals surface area contributed by atoms with Crippen molar-refractivity contribution in [1.29, 1.82) is 0 Å². The van der Waals surface area contributed by atoms with Gasteiger partial charge < -0.3 is 14.8 Å². The standard InChI is InChI=1S/C25H38N2O4/c1-22(2)14-18(24(5,6)26-22)20(28)30-16-10-12-17(13-11-16)31-21(29)19-15-23(3,4)27(9)25(19,7)8/h10-13,18-19,26H,14-15H2,1-9H3. The number of rotatable bonds is 4. The van der Waals surface area contributed by atoms with Gasteiger partial charge in [0.05, 0.1) is 11.8 Å². The Morgan fingerprint density at radius 1 is 0.839 bits per heavy atom. The summed E-state index contributed by atoms with van der Waals surface area (Å²) < 4.78 is 11.3. The summed E-state index contributed by atoms with van der Waals surface area (Å²) in [5, 5.41) is 3.50. The molecule has 2 fully saturated rings. The monoisotopic (exact) mass is 430 g/mol. The van der Waals surface area contributed by atoms with Crippen LogP contribution in [-0.2, 0) is 9.59 Å². The Labute approximate surface area is 186 Å². The number of hydrogen-bond donors (Lipinski definition) is 1. The molecule has 0 saturated carbocycles. The number of carbonyl (C=O) groups is 2. The summed E-state index contributed by atoms with van der Waals surface area (Å²) in [6.07, 6.45) is 1.46. The minimum Gasteiger partial charge on any atom is -0.426 e. The molecule has 2 unspecified atom stereocenters. The van der Waals surface area contributed by atoms with E-state index in [0.717, 1.165) is 12.8 Å². The fourth-order valence-electron chi connectivity index (χ4n) is 5.38. The van der Waals surface area contributed by atoms with Gasteiger partial charge in [-0.15, -0.1) is 0 Å². The van der Waals surface area contributed by atoms with E-state index in [0.29, 0.717) is 11.5 Å². The maximum absolute atomic E-state index is 12.9. The van der Waals surface area contributed by atoms with Crippen LogP contribution in [0.3, 0.4) is 0 Å². The molecule has 6 heteroatoms. The van der Waals surface area contributed by atoms with Crippen molar-refractivity contribution in [3.8, 4) is 11.5 Å². The molecule has 0 spiro atoms. The van der Waals surface area contributed by atoms with Crippen LogP contribution in [0.1, 0.15) is 68.2 Å². The van der Waals surface area contributed by atoms with Crippen LogP contribution < -0.4 is 14.8 Å². The van der Waals surface area contributed by atoms with Crippen molar-refractivity contribution in [2.45, 2.75) is 90.4 Å². The van der Waals surface area contributed by atoms with Crippen molar-refractivity contribution in [1.82, 2.24) is 10.2 Å². The summed E-state index contributed by atoms with van der Waals surface area (Å²) in [6.45, 7) is 16.7. The van der Waals surface area contributed by atoms with Gasteiger partial charge in [-0.3, -0.25) is 14.5 Å². The van der Waals surface area contributed by atoms with E-state index in [1.54, 1.807) is 24.3 Å². The molecule has 0 bridgehead atoms. The zero-order chi connectivity index (χ0) is 23.4. The Morgan fingerprint density at radius 2 is 1.29 bits per heavy atom. The Kier molecular flexibility index (Phi) is 5.81. The first kappa shape index (κ1) is 23.7. The second-order valence-electron chi connectivity index (χ2n) is 11.6. The molecular formula is C25H38N2O4. The number of hydrogen-bond acceptors (Lipinski definition) is 6. The summed E-state index contributed by atoms with van der Waals surface area (Å²) >= 11 is 0. The number of ether oxygens (including phenoxy) is 2. The molecule has 31 heavy (non-hydrogen) atoms. The molecule has 172 valence electrons. The van der Waals surface area contributed by atoms with Gasteiger partial charge in [-0.2, -0.15) is 0 Å². The van der Waals surface area contributed by atoms with E-state index in [4.69, 9.17) is 9.47 Å². The van der Waals surface area contributed by atoms with Crippen LogP contribution in [0.25, 0.3) is 0 Å². The van der Waals surface area contributed by atoms with Gasteiger partial charge in [0.15, 0.2) is 0 Å². The minimum atomic E-state index is -0.328. The van der Waals surface area contributed by atoms with Crippen LogP contribution in [0.5, 0.6) is 11.5 Å². The van der Waals surface area contributed by atoms with Gasteiger partial charge in [-0.05, 0) is 99.5 Å². The predicted molar refractivity (Wildman–Crippen MR) is 121 cm³/mol. The number of nitrogens with zero attached hydrogens (tertiary/aromatic N) is 1. The highest BCUT2D eigenvalue weighted by atomic mass is 16.5. The second kappa shape index (κ2) is 7.59. The van der Waals surface area contributed by atoms with Crippen molar-refractivity contribution in [2.24, 2.45) is 11.8 Å². The predicted octanol–water partition coefficient (Wildman–Crippen LogP) is 4.17. The molecule has 3 rings (SSSR count). The first-order valence-corrected chi connectivity index (χ1v) is 11.1. The molecule has 1 aromatic rings. The van der Waals surface area contributed by atoms with Crippen LogP contribution in [0.15, 0.2) is 24.3 Å². The molecule has 2 atom stereocenters. The fraction of sp³-hybridized carbons (Fsp3) is 0.680. The Hall–Kier alpha value is -1.92. The number of likely N-dealkylation sites (tertiary alicyclic amines) is 1. The Balaban J connectivity index is 1.63.